The zero-order valence-electron chi connectivity index (χ0n) is 18.2. The Morgan fingerprint density at radius 2 is 2.06 bits per heavy atom. The van der Waals surface area contributed by atoms with Crippen LogP contribution in [-0.4, -0.2) is 38.8 Å². The average molecular weight is 437 g/mol. The standard InChI is InChI=1S/C25H29FN4O2/c26-20-10-5-4-9-18(20)15-29-14-12-19-21(16-29)27-23(28-24(19)31)22-11-6-13-30(22)25(32)17-7-2-1-3-8-17/h1-2,4-5,9-10,17,22H,3,6-8,11-16H2,(H,27,28,31)/t17-,22-/m0/s1. The summed E-state index contributed by atoms with van der Waals surface area (Å²) in [4.78, 5) is 37.9. The Bertz CT molecular complexity index is 1100. The van der Waals surface area contributed by atoms with E-state index in [0.29, 0.717) is 49.6 Å². The number of rotatable bonds is 4. The van der Waals surface area contributed by atoms with E-state index in [1.54, 1.807) is 12.1 Å². The predicted octanol–water partition coefficient (Wildman–Crippen LogP) is 3.49. The number of carbonyl (C=O) groups is 1. The van der Waals surface area contributed by atoms with E-state index in [-0.39, 0.29) is 29.2 Å². The van der Waals surface area contributed by atoms with Crippen LogP contribution in [0.2, 0.25) is 0 Å². The lowest BCUT2D eigenvalue weighted by molar-refractivity contribution is -0.136. The van der Waals surface area contributed by atoms with Crippen LogP contribution in [0.3, 0.4) is 0 Å². The number of H-pyrrole nitrogens is 1. The molecule has 1 fully saturated rings. The van der Waals surface area contributed by atoms with Gasteiger partial charge in [-0.25, -0.2) is 9.37 Å². The molecule has 1 amide bonds. The summed E-state index contributed by atoms with van der Waals surface area (Å²) in [7, 11) is 0. The molecule has 1 aromatic heterocycles. The molecule has 1 aromatic carbocycles. The number of amides is 1. The van der Waals surface area contributed by atoms with Gasteiger partial charge in [-0.1, -0.05) is 30.4 Å². The van der Waals surface area contributed by atoms with E-state index in [9.17, 15) is 14.0 Å². The zero-order chi connectivity index (χ0) is 22.1. The second kappa shape index (κ2) is 8.98. The summed E-state index contributed by atoms with van der Waals surface area (Å²) in [6.07, 6.45) is 9.18. The molecule has 0 saturated carbocycles. The number of halogens is 1. The highest BCUT2D eigenvalue weighted by Gasteiger charge is 2.36. The van der Waals surface area contributed by atoms with Crippen molar-refractivity contribution in [3.63, 3.8) is 0 Å². The second-order valence-electron chi connectivity index (χ2n) is 9.10. The van der Waals surface area contributed by atoms with E-state index in [1.807, 2.05) is 11.0 Å². The highest BCUT2D eigenvalue weighted by atomic mass is 19.1. The minimum atomic E-state index is -0.212. The van der Waals surface area contributed by atoms with Gasteiger partial charge in [0.05, 0.1) is 11.7 Å². The van der Waals surface area contributed by atoms with Crippen LogP contribution < -0.4 is 5.56 Å². The highest BCUT2D eigenvalue weighted by Crippen LogP contribution is 2.33. The summed E-state index contributed by atoms with van der Waals surface area (Å²) >= 11 is 0. The third-order valence-corrected chi connectivity index (χ3v) is 6.99. The van der Waals surface area contributed by atoms with Gasteiger partial charge < -0.3 is 9.88 Å². The molecule has 0 bridgehead atoms. The van der Waals surface area contributed by atoms with Gasteiger partial charge in [0.25, 0.3) is 5.56 Å². The Balaban J connectivity index is 1.37. The first kappa shape index (κ1) is 21.1. The third-order valence-electron chi connectivity index (χ3n) is 6.99. The number of likely N-dealkylation sites (tertiary alicyclic amines) is 1. The fraction of sp³-hybridized carbons (Fsp3) is 0.480. The third kappa shape index (κ3) is 4.13. The van der Waals surface area contributed by atoms with Crippen molar-refractivity contribution in [3.8, 4) is 0 Å². The van der Waals surface area contributed by atoms with E-state index >= 15 is 0 Å². The summed E-state index contributed by atoms with van der Waals surface area (Å²) in [5.41, 5.74) is 2.02. The summed E-state index contributed by atoms with van der Waals surface area (Å²) in [5.74, 6) is 0.592. The van der Waals surface area contributed by atoms with Crippen molar-refractivity contribution < 1.29 is 9.18 Å². The molecule has 5 rings (SSSR count). The number of carbonyl (C=O) groups excluding carboxylic acids is 1. The molecule has 6 nitrogen and oxygen atoms in total. The van der Waals surface area contributed by atoms with Gasteiger partial charge in [0.1, 0.15) is 11.6 Å². The number of nitrogens with one attached hydrogen (secondary N) is 1. The van der Waals surface area contributed by atoms with Gasteiger partial charge in [-0.15, -0.1) is 0 Å². The molecule has 2 atom stereocenters. The van der Waals surface area contributed by atoms with Gasteiger partial charge >= 0.3 is 0 Å². The molecular weight excluding hydrogens is 407 g/mol. The highest BCUT2D eigenvalue weighted by molar-refractivity contribution is 5.80. The lowest BCUT2D eigenvalue weighted by atomic mass is 9.93. The summed E-state index contributed by atoms with van der Waals surface area (Å²) in [5, 5.41) is 0. The molecule has 32 heavy (non-hydrogen) atoms. The number of fused-ring (bicyclic) bond motifs is 1. The van der Waals surface area contributed by atoms with Crippen molar-refractivity contribution in [3.05, 3.63) is 75.2 Å². The smallest absolute Gasteiger partial charge is 0.254 e. The van der Waals surface area contributed by atoms with Crippen LogP contribution >= 0.6 is 0 Å². The van der Waals surface area contributed by atoms with Crippen molar-refractivity contribution in [1.29, 1.82) is 0 Å². The maximum atomic E-state index is 14.1. The van der Waals surface area contributed by atoms with E-state index in [4.69, 9.17) is 4.98 Å². The molecule has 0 spiro atoms. The number of hydrogen-bond acceptors (Lipinski definition) is 4. The van der Waals surface area contributed by atoms with Crippen LogP contribution in [0.15, 0.2) is 41.2 Å². The number of aromatic nitrogens is 2. The van der Waals surface area contributed by atoms with E-state index in [1.165, 1.54) is 6.07 Å². The van der Waals surface area contributed by atoms with Crippen LogP contribution in [0.5, 0.6) is 0 Å². The molecule has 1 N–H and O–H groups in total. The molecule has 0 radical (unpaired) electrons. The van der Waals surface area contributed by atoms with Crippen LogP contribution in [0.1, 0.15) is 60.8 Å². The van der Waals surface area contributed by atoms with E-state index < -0.39 is 0 Å². The number of benzene rings is 1. The topological polar surface area (TPSA) is 69.3 Å². The van der Waals surface area contributed by atoms with Crippen LogP contribution in [0.4, 0.5) is 4.39 Å². The van der Waals surface area contributed by atoms with Crippen LogP contribution in [0, 0.1) is 11.7 Å². The van der Waals surface area contributed by atoms with Gasteiger partial charge in [0.15, 0.2) is 0 Å². The summed E-state index contributed by atoms with van der Waals surface area (Å²) < 4.78 is 14.1. The molecule has 1 saturated heterocycles. The first-order valence-corrected chi connectivity index (χ1v) is 11.6. The average Bonchev–Trinajstić information content (AvgIpc) is 3.30. The predicted molar refractivity (Wildman–Crippen MR) is 119 cm³/mol. The van der Waals surface area contributed by atoms with Gasteiger partial charge in [-0.3, -0.25) is 14.5 Å². The van der Waals surface area contributed by atoms with E-state index in [2.05, 4.69) is 22.0 Å². The molecule has 0 unspecified atom stereocenters. The Kier molecular flexibility index (Phi) is 5.91. The number of allylic oxidation sites excluding steroid dienone is 2. The van der Waals surface area contributed by atoms with Crippen LogP contribution in [-0.2, 0) is 24.3 Å². The number of aromatic amines is 1. The van der Waals surface area contributed by atoms with Gasteiger partial charge in [-0.05, 0) is 44.6 Å². The molecule has 3 heterocycles. The fourth-order valence-corrected chi connectivity index (χ4v) is 5.24. The molecule has 2 aliphatic heterocycles. The minimum absolute atomic E-state index is 0.0289. The zero-order valence-corrected chi connectivity index (χ0v) is 18.2. The van der Waals surface area contributed by atoms with Crippen molar-refractivity contribution in [2.24, 2.45) is 5.92 Å². The molecular formula is C25H29FN4O2. The number of hydrogen-bond donors (Lipinski definition) is 1. The SMILES string of the molecule is O=C([C@H]1CC=CCC1)N1CCC[C@H]1c1nc2c(c(=O)[nH]1)CCN(Cc1ccccc1F)C2. The lowest BCUT2D eigenvalue weighted by Crippen LogP contribution is -2.39. The van der Waals surface area contributed by atoms with Gasteiger partial charge in [0, 0.05) is 43.2 Å². The summed E-state index contributed by atoms with van der Waals surface area (Å²) in [6.45, 7) is 2.40. The normalized spacial score (nSPS) is 23.3. The molecule has 3 aliphatic rings. The van der Waals surface area contributed by atoms with Crippen molar-refractivity contribution in [1.82, 2.24) is 19.8 Å². The minimum Gasteiger partial charge on any atom is -0.332 e. The first-order chi connectivity index (χ1) is 15.6. The summed E-state index contributed by atoms with van der Waals surface area (Å²) in [6, 6.07) is 6.63. The lowest BCUT2D eigenvalue weighted by Gasteiger charge is -2.31. The van der Waals surface area contributed by atoms with Crippen LogP contribution in [0.25, 0.3) is 0 Å². The molecule has 1 aliphatic carbocycles. The molecule has 168 valence electrons. The van der Waals surface area contributed by atoms with Crippen molar-refractivity contribution in [2.45, 2.75) is 57.7 Å². The Hall–Kier alpha value is -2.80. The van der Waals surface area contributed by atoms with Gasteiger partial charge in [-0.2, -0.15) is 0 Å². The Labute approximate surface area is 187 Å². The monoisotopic (exact) mass is 436 g/mol. The molecule has 2 aromatic rings. The Morgan fingerprint density at radius 3 is 2.88 bits per heavy atom. The maximum Gasteiger partial charge on any atom is 0.254 e. The number of nitrogens with zero attached hydrogens (tertiary/aromatic N) is 3. The Morgan fingerprint density at radius 1 is 1.19 bits per heavy atom. The van der Waals surface area contributed by atoms with E-state index in [0.717, 1.165) is 37.8 Å². The first-order valence-electron chi connectivity index (χ1n) is 11.6. The second-order valence-corrected chi connectivity index (χ2v) is 9.10. The van der Waals surface area contributed by atoms with Crippen molar-refractivity contribution in [2.75, 3.05) is 13.1 Å². The fourth-order valence-electron chi connectivity index (χ4n) is 5.24. The largest absolute Gasteiger partial charge is 0.332 e. The maximum absolute atomic E-state index is 14.1. The van der Waals surface area contributed by atoms with Gasteiger partial charge in [0.2, 0.25) is 5.91 Å². The quantitative estimate of drug-likeness (QED) is 0.745. The van der Waals surface area contributed by atoms with Crippen molar-refractivity contribution >= 4 is 5.91 Å². The molecule has 7 heteroatoms.